The van der Waals surface area contributed by atoms with Gasteiger partial charge in [-0.2, -0.15) is 0 Å². The van der Waals surface area contributed by atoms with E-state index in [4.69, 9.17) is 32.2 Å². The number of benzene rings is 2. The molecular weight excluding hydrogens is 370 g/mol. The van der Waals surface area contributed by atoms with Crippen LogP contribution in [0.15, 0.2) is 42.5 Å². The zero-order valence-electron chi connectivity index (χ0n) is 12.9. The molecular formula is C17H15Cl2O4P. The van der Waals surface area contributed by atoms with Gasteiger partial charge in [0, 0.05) is 22.1 Å². The number of rotatable bonds is 3. The maximum atomic E-state index is 12.8. The summed E-state index contributed by atoms with van der Waals surface area (Å²) in [6.45, 7) is 2.66. The Bertz CT molecular complexity index is 825. The van der Waals surface area contributed by atoms with Crippen LogP contribution in [0.3, 0.4) is 0 Å². The second-order valence-corrected chi connectivity index (χ2v) is 8.57. The van der Waals surface area contributed by atoms with Crippen molar-refractivity contribution in [1.29, 1.82) is 0 Å². The van der Waals surface area contributed by atoms with Crippen molar-refractivity contribution in [3.63, 3.8) is 0 Å². The summed E-state index contributed by atoms with van der Waals surface area (Å²) in [7, 11) is -3.39. The molecule has 0 N–H and O–H groups in total. The van der Waals surface area contributed by atoms with Gasteiger partial charge < -0.3 is 9.05 Å². The van der Waals surface area contributed by atoms with Crippen LogP contribution in [-0.4, -0.2) is 19.0 Å². The maximum Gasteiger partial charge on any atom is 0.361 e. The smallest absolute Gasteiger partial charge is 0.305 e. The molecule has 2 aromatic rings. The summed E-state index contributed by atoms with van der Waals surface area (Å²) >= 11 is 12.0. The van der Waals surface area contributed by atoms with Crippen molar-refractivity contribution >= 4 is 41.9 Å². The molecule has 0 aromatic heterocycles. The predicted molar refractivity (Wildman–Crippen MR) is 94.6 cm³/mol. The highest BCUT2D eigenvalue weighted by Gasteiger charge is 2.33. The topological polar surface area (TPSA) is 52.6 Å². The Kier molecular flexibility index (Phi) is 5.14. The van der Waals surface area contributed by atoms with E-state index in [2.05, 4.69) is 0 Å². The lowest BCUT2D eigenvalue weighted by molar-refractivity contribution is 0.103. The van der Waals surface area contributed by atoms with Crippen LogP contribution in [0.4, 0.5) is 0 Å². The second kappa shape index (κ2) is 6.99. The third kappa shape index (κ3) is 3.58. The highest BCUT2D eigenvalue weighted by atomic mass is 35.5. The summed E-state index contributed by atoms with van der Waals surface area (Å²) in [5.41, 5.74) is 0.636. The Labute approximate surface area is 150 Å². The van der Waals surface area contributed by atoms with E-state index in [1.165, 1.54) is 12.1 Å². The van der Waals surface area contributed by atoms with Gasteiger partial charge in [0.2, 0.25) is 0 Å². The maximum absolute atomic E-state index is 12.8. The number of carbonyl (C=O) groups is 1. The Morgan fingerprint density at radius 2 is 1.83 bits per heavy atom. The van der Waals surface area contributed by atoms with Crippen LogP contribution in [-0.2, 0) is 13.6 Å². The second-order valence-electron chi connectivity index (χ2n) is 5.70. The molecule has 1 saturated heterocycles. The van der Waals surface area contributed by atoms with E-state index in [-0.39, 0.29) is 11.7 Å². The van der Waals surface area contributed by atoms with Crippen molar-refractivity contribution in [2.45, 2.75) is 6.92 Å². The lowest BCUT2D eigenvalue weighted by Crippen LogP contribution is -2.23. The van der Waals surface area contributed by atoms with Gasteiger partial charge >= 0.3 is 7.60 Å². The van der Waals surface area contributed by atoms with Crippen LogP contribution in [0, 0.1) is 5.92 Å². The number of carbonyl (C=O) groups excluding carboxylic acids is 1. The molecule has 0 aliphatic carbocycles. The highest BCUT2D eigenvalue weighted by molar-refractivity contribution is 7.62. The number of halogens is 2. The van der Waals surface area contributed by atoms with E-state index < -0.39 is 7.60 Å². The van der Waals surface area contributed by atoms with Crippen molar-refractivity contribution in [2.75, 3.05) is 13.2 Å². The van der Waals surface area contributed by atoms with E-state index in [1.54, 1.807) is 30.3 Å². The zero-order valence-corrected chi connectivity index (χ0v) is 15.3. The molecule has 3 rings (SSSR count). The van der Waals surface area contributed by atoms with Crippen molar-refractivity contribution in [1.82, 2.24) is 0 Å². The fourth-order valence-corrected chi connectivity index (χ4v) is 4.55. The Hall–Kier alpha value is -1.16. The molecule has 7 heteroatoms. The molecule has 0 saturated carbocycles. The molecule has 0 bridgehead atoms. The van der Waals surface area contributed by atoms with Crippen LogP contribution in [0.1, 0.15) is 22.8 Å². The summed E-state index contributed by atoms with van der Waals surface area (Å²) in [4.78, 5) is 12.7. The fraction of sp³-hybridized carbons (Fsp3) is 0.235. The van der Waals surface area contributed by atoms with Crippen molar-refractivity contribution in [3.05, 3.63) is 63.6 Å². The first-order valence-corrected chi connectivity index (χ1v) is 9.68. The first-order chi connectivity index (χ1) is 11.4. The lowest BCUT2D eigenvalue weighted by Gasteiger charge is -2.27. The molecule has 2 aromatic carbocycles. The van der Waals surface area contributed by atoms with Gasteiger partial charge in [-0.25, -0.2) is 0 Å². The molecule has 4 nitrogen and oxygen atoms in total. The molecule has 0 atom stereocenters. The van der Waals surface area contributed by atoms with E-state index in [0.29, 0.717) is 39.7 Å². The average molecular weight is 385 g/mol. The minimum atomic E-state index is -3.39. The Morgan fingerprint density at radius 3 is 2.54 bits per heavy atom. The molecule has 0 unspecified atom stereocenters. The standard InChI is InChI=1S/C17H15Cl2O4P/c1-11-9-22-24(21,23-10-11)14-4-2-3-12(7-14)17(20)15-8-13(18)5-6-16(15)19/h2-8,11H,9-10H2,1H3. The van der Waals surface area contributed by atoms with Gasteiger partial charge in [0.25, 0.3) is 0 Å². The van der Waals surface area contributed by atoms with Crippen LogP contribution in [0.5, 0.6) is 0 Å². The summed E-state index contributed by atoms with van der Waals surface area (Å²) in [5.74, 6) is -0.122. The quantitative estimate of drug-likeness (QED) is 0.567. The summed E-state index contributed by atoms with van der Waals surface area (Å²) in [6, 6.07) is 11.1. The van der Waals surface area contributed by atoms with Gasteiger partial charge in [0.1, 0.15) is 0 Å². The molecule has 24 heavy (non-hydrogen) atoms. The molecule has 1 heterocycles. The van der Waals surface area contributed by atoms with Crippen LogP contribution < -0.4 is 5.30 Å². The van der Waals surface area contributed by atoms with E-state index in [0.717, 1.165) is 0 Å². The summed E-state index contributed by atoms with van der Waals surface area (Å²) in [5, 5.41) is 1.08. The van der Waals surface area contributed by atoms with E-state index in [9.17, 15) is 9.36 Å². The SMILES string of the molecule is CC1COP(=O)(c2cccc(C(=O)c3cc(Cl)ccc3Cl)c2)OC1. The first kappa shape index (κ1) is 17.7. The number of hydrogen-bond acceptors (Lipinski definition) is 4. The molecule has 0 spiro atoms. The normalized spacial score (nSPS) is 23.9. The largest absolute Gasteiger partial charge is 0.361 e. The zero-order chi connectivity index (χ0) is 17.3. The van der Waals surface area contributed by atoms with E-state index in [1.807, 2.05) is 6.92 Å². The minimum absolute atomic E-state index is 0.183. The average Bonchev–Trinajstić information content (AvgIpc) is 2.59. The van der Waals surface area contributed by atoms with Gasteiger partial charge in [-0.3, -0.25) is 9.36 Å². The van der Waals surface area contributed by atoms with Gasteiger partial charge in [-0.1, -0.05) is 42.3 Å². The third-order valence-corrected chi connectivity index (χ3v) is 6.11. The van der Waals surface area contributed by atoms with Crippen LogP contribution >= 0.6 is 30.8 Å². The van der Waals surface area contributed by atoms with Gasteiger partial charge in [0.05, 0.1) is 23.5 Å². The molecule has 126 valence electrons. The van der Waals surface area contributed by atoms with Gasteiger partial charge in [0.15, 0.2) is 5.78 Å². The highest BCUT2D eigenvalue weighted by Crippen LogP contribution is 2.50. The van der Waals surface area contributed by atoms with Crippen LogP contribution in [0.25, 0.3) is 0 Å². The number of hydrogen-bond donors (Lipinski definition) is 0. The summed E-state index contributed by atoms with van der Waals surface area (Å²) < 4.78 is 23.7. The van der Waals surface area contributed by atoms with Crippen molar-refractivity contribution in [2.24, 2.45) is 5.92 Å². The Morgan fingerprint density at radius 1 is 1.12 bits per heavy atom. The molecule has 1 fully saturated rings. The fourth-order valence-electron chi connectivity index (χ4n) is 2.33. The number of ketones is 1. The van der Waals surface area contributed by atoms with Crippen molar-refractivity contribution in [3.8, 4) is 0 Å². The minimum Gasteiger partial charge on any atom is -0.305 e. The molecule has 1 aliphatic rings. The first-order valence-electron chi connectivity index (χ1n) is 7.38. The lowest BCUT2D eigenvalue weighted by atomic mass is 10.0. The third-order valence-electron chi connectivity index (χ3n) is 3.66. The van der Waals surface area contributed by atoms with Crippen LogP contribution in [0.2, 0.25) is 10.0 Å². The Balaban J connectivity index is 1.95. The molecule has 0 radical (unpaired) electrons. The van der Waals surface area contributed by atoms with Crippen molar-refractivity contribution < 1.29 is 18.4 Å². The molecule has 0 amide bonds. The predicted octanol–water partition coefficient (Wildman–Crippen LogP) is 4.73. The summed E-state index contributed by atoms with van der Waals surface area (Å²) in [6.07, 6.45) is 0. The van der Waals surface area contributed by atoms with Gasteiger partial charge in [-0.15, -0.1) is 0 Å². The van der Waals surface area contributed by atoms with E-state index >= 15 is 0 Å². The molecule has 1 aliphatic heterocycles. The monoisotopic (exact) mass is 384 g/mol. The van der Waals surface area contributed by atoms with Gasteiger partial charge in [-0.05, 0) is 30.3 Å².